The van der Waals surface area contributed by atoms with Crippen LogP contribution in [0, 0.1) is 0 Å². The summed E-state index contributed by atoms with van der Waals surface area (Å²) in [4.78, 5) is 16.4. The van der Waals surface area contributed by atoms with Gasteiger partial charge in [-0.1, -0.05) is 11.3 Å². The topological polar surface area (TPSA) is 72.5 Å². The second-order valence-corrected chi connectivity index (χ2v) is 6.17. The van der Waals surface area contributed by atoms with Gasteiger partial charge in [0.2, 0.25) is 0 Å². The first-order valence-electron chi connectivity index (χ1n) is 6.34. The number of carbonyl (C=O) groups is 1. The molecule has 0 aliphatic carbocycles. The van der Waals surface area contributed by atoms with Crippen LogP contribution >= 0.6 is 22.7 Å². The second kappa shape index (κ2) is 6.20. The summed E-state index contributed by atoms with van der Waals surface area (Å²) in [5.41, 5.74) is 0.665. The first-order chi connectivity index (χ1) is 10.7. The van der Waals surface area contributed by atoms with Gasteiger partial charge in [0, 0.05) is 0 Å². The Balaban J connectivity index is 1.86. The van der Waals surface area contributed by atoms with Crippen molar-refractivity contribution in [1.29, 1.82) is 0 Å². The lowest BCUT2D eigenvalue weighted by Crippen LogP contribution is -2.18. The molecule has 0 bridgehead atoms. The molecular formula is C14H13N3O3S2. The van der Waals surface area contributed by atoms with E-state index in [2.05, 4.69) is 15.6 Å². The van der Waals surface area contributed by atoms with Crippen molar-refractivity contribution < 1.29 is 14.3 Å². The average Bonchev–Trinajstić information content (AvgIpc) is 3.15. The number of fused-ring (bicyclic) bond motifs is 1. The number of nitrogens with zero attached hydrogens (tertiary/aromatic N) is 1. The van der Waals surface area contributed by atoms with Gasteiger partial charge in [-0.15, -0.1) is 11.3 Å². The highest BCUT2D eigenvalue weighted by Gasteiger charge is 2.15. The molecule has 3 rings (SSSR count). The third-order valence-corrected chi connectivity index (χ3v) is 4.66. The standard InChI is InChI=1S/C14H13N3O3S2/c1-19-8-5-6-9(20-2)12-11(8)16-14(22-12)17-13(18)15-10-4-3-7-21-10/h3-7H,1-2H3,(H2,15,16,17,18). The van der Waals surface area contributed by atoms with Crippen LogP contribution in [-0.2, 0) is 0 Å². The minimum absolute atomic E-state index is 0.334. The summed E-state index contributed by atoms with van der Waals surface area (Å²) in [6, 6.07) is 6.97. The molecule has 8 heteroatoms. The molecule has 1 aromatic carbocycles. The Kier molecular flexibility index (Phi) is 4.12. The number of carbonyl (C=O) groups excluding carboxylic acids is 1. The van der Waals surface area contributed by atoms with Gasteiger partial charge in [0.1, 0.15) is 21.7 Å². The number of thiazole rings is 1. The zero-order valence-electron chi connectivity index (χ0n) is 11.9. The monoisotopic (exact) mass is 335 g/mol. The van der Waals surface area contributed by atoms with Gasteiger partial charge >= 0.3 is 6.03 Å². The van der Waals surface area contributed by atoms with Gasteiger partial charge in [-0.3, -0.25) is 10.6 Å². The van der Waals surface area contributed by atoms with Gasteiger partial charge in [0.15, 0.2) is 5.13 Å². The Bertz CT molecular complexity index is 758. The summed E-state index contributed by atoms with van der Waals surface area (Å²) < 4.78 is 11.4. The number of ether oxygens (including phenoxy) is 2. The zero-order valence-corrected chi connectivity index (χ0v) is 13.5. The van der Waals surface area contributed by atoms with E-state index >= 15 is 0 Å². The average molecular weight is 335 g/mol. The number of thiophene rings is 1. The minimum Gasteiger partial charge on any atom is -0.495 e. The third kappa shape index (κ3) is 2.83. The second-order valence-electron chi connectivity index (χ2n) is 4.22. The number of nitrogens with one attached hydrogen (secondary N) is 2. The molecule has 2 amide bonds. The number of methoxy groups -OCH3 is 2. The maximum atomic E-state index is 12.0. The van der Waals surface area contributed by atoms with Crippen LogP contribution in [0.4, 0.5) is 14.9 Å². The SMILES string of the molecule is COc1ccc(OC)c2sc(NC(=O)Nc3cccs3)nc12. The Morgan fingerprint density at radius 3 is 2.59 bits per heavy atom. The van der Waals surface area contributed by atoms with Crippen molar-refractivity contribution in [2.45, 2.75) is 0 Å². The summed E-state index contributed by atoms with van der Waals surface area (Å²) in [5, 5.41) is 8.61. The Morgan fingerprint density at radius 1 is 1.14 bits per heavy atom. The summed E-state index contributed by atoms with van der Waals surface area (Å²) in [6.07, 6.45) is 0. The van der Waals surface area contributed by atoms with Crippen molar-refractivity contribution in [3.05, 3.63) is 29.6 Å². The smallest absolute Gasteiger partial charge is 0.326 e. The number of aromatic nitrogens is 1. The quantitative estimate of drug-likeness (QED) is 0.755. The molecule has 0 spiro atoms. The zero-order chi connectivity index (χ0) is 15.5. The molecule has 0 aliphatic heterocycles. The number of hydrogen-bond acceptors (Lipinski definition) is 6. The predicted octanol–water partition coefficient (Wildman–Crippen LogP) is 4.02. The van der Waals surface area contributed by atoms with Crippen molar-refractivity contribution in [1.82, 2.24) is 4.98 Å². The molecule has 22 heavy (non-hydrogen) atoms. The van der Waals surface area contributed by atoms with Crippen LogP contribution in [0.25, 0.3) is 10.2 Å². The molecule has 6 nitrogen and oxygen atoms in total. The highest BCUT2D eigenvalue weighted by atomic mass is 32.1. The maximum Gasteiger partial charge on any atom is 0.326 e. The molecule has 2 heterocycles. The van der Waals surface area contributed by atoms with Crippen LogP contribution in [0.2, 0.25) is 0 Å². The van der Waals surface area contributed by atoms with Gasteiger partial charge in [-0.05, 0) is 29.6 Å². The molecular weight excluding hydrogens is 322 g/mol. The van der Waals surface area contributed by atoms with Crippen molar-refractivity contribution >= 4 is 49.1 Å². The molecule has 0 radical (unpaired) electrons. The Hall–Kier alpha value is -2.32. The number of urea groups is 1. The molecule has 0 saturated heterocycles. The van der Waals surface area contributed by atoms with Crippen molar-refractivity contribution in [3.63, 3.8) is 0 Å². The Labute approximate surface area is 134 Å². The van der Waals surface area contributed by atoms with Crippen LogP contribution < -0.4 is 20.1 Å². The maximum absolute atomic E-state index is 12.0. The predicted molar refractivity (Wildman–Crippen MR) is 89.7 cm³/mol. The molecule has 114 valence electrons. The van der Waals surface area contributed by atoms with Crippen molar-refractivity contribution in [2.75, 3.05) is 24.9 Å². The molecule has 0 aliphatic rings. The van der Waals surface area contributed by atoms with Crippen LogP contribution in [0.5, 0.6) is 11.5 Å². The van der Waals surface area contributed by atoms with E-state index in [-0.39, 0.29) is 6.03 Å². The van der Waals surface area contributed by atoms with Gasteiger partial charge < -0.3 is 9.47 Å². The molecule has 2 aromatic heterocycles. The van der Waals surface area contributed by atoms with Crippen LogP contribution in [0.15, 0.2) is 29.6 Å². The number of anilines is 2. The highest BCUT2D eigenvalue weighted by molar-refractivity contribution is 7.22. The van der Waals surface area contributed by atoms with Crippen LogP contribution in [0.1, 0.15) is 0 Å². The van der Waals surface area contributed by atoms with E-state index in [1.165, 1.54) is 22.7 Å². The summed E-state index contributed by atoms with van der Waals surface area (Å²) >= 11 is 2.78. The first kappa shape index (κ1) is 14.6. The lowest BCUT2D eigenvalue weighted by Gasteiger charge is -2.03. The van der Waals surface area contributed by atoms with E-state index in [1.807, 2.05) is 23.6 Å². The highest BCUT2D eigenvalue weighted by Crippen LogP contribution is 2.38. The molecule has 0 atom stereocenters. The summed E-state index contributed by atoms with van der Waals surface area (Å²) in [6.45, 7) is 0. The number of hydrogen-bond donors (Lipinski definition) is 2. The van der Waals surface area contributed by atoms with Crippen LogP contribution in [0.3, 0.4) is 0 Å². The van der Waals surface area contributed by atoms with Gasteiger partial charge in [-0.2, -0.15) is 0 Å². The van der Waals surface area contributed by atoms with E-state index in [0.717, 1.165) is 9.70 Å². The lowest BCUT2D eigenvalue weighted by molar-refractivity contribution is 0.262. The largest absolute Gasteiger partial charge is 0.495 e. The minimum atomic E-state index is -0.334. The number of rotatable bonds is 4. The van der Waals surface area contributed by atoms with E-state index in [4.69, 9.17) is 9.47 Å². The lowest BCUT2D eigenvalue weighted by atomic mass is 10.3. The molecule has 3 aromatic rings. The number of amides is 2. The fourth-order valence-electron chi connectivity index (χ4n) is 1.93. The van der Waals surface area contributed by atoms with E-state index in [0.29, 0.717) is 22.1 Å². The molecule has 2 N–H and O–H groups in total. The van der Waals surface area contributed by atoms with E-state index in [9.17, 15) is 4.79 Å². The van der Waals surface area contributed by atoms with Gasteiger partial charge in [-0.25, -0.2) is 9.78 Å². The van der Waals surface area contributed by atoms with Crippen LogP contribution in [-0.4, -0.2) is 25.2 Å². The molecule has 0 unspecified atom stereocenters. The van der Waals surface area contributed by atoms with E-state index < -0.39 is 0 Å². The third-order valence-electron chi connectivity index (χ3n) is 2.89. The molecule has 0 fully saturated rings. The molecule has 0 saturated carbocycles. The number of benzene rings is 1. The van der Waals surface area contributed by atoms with Gasteiger partial charge in [0.05, 0.1) is 19.2 Å². The van der Waals surface area contributed by atoms with E-state index in [1.54, 1.807) is 20.3 Å². The van der Waals surface area contributed by atoms with Gasteiger partial charge in [0.25, 0.3) is 0 Å². The first-order valence-corrected chi connectivity index (χ1v) is 8.04. The summed E-state index contributed by atoms with van der Waals surface area (Å²) in [7, 11) is 3.18. The van der Waals surface area contributed by atoms with Crippen molar-refractivity contribution in [3.8, 4) is 11.5 Å². The Morgan fingerprint density at radius 2 is 1.91 bits per heavy atom. The van der Waals surface area contributed by atoms with Crippen molar-refractivity contribution in [2.24, 2.45) is 0 Å². The summed E-state index contributed by atoms with van der Waals surface area (Å²) in [5.74, 6) is 1.33. The fraction of sp³-hybridized carbons (Fsp3) is 0.143. The normalized spacial score (nSPS) is 10.5. The fourth-order valence-corrected chi connectivity index (χ4v) is 3.51.